The highest BCUT2D eigenvalue weighted by atomic mass is 15.3. The van der Waals surface area contributed by atoms with E-state index in [0.29, 0.717) is 19.0 Å². The van der Waals surface area contributed by atoms with Gasteiger partial charge in [-0.05, 0) is 5.56 Å². The van der Waals surface area contributed by atoms with E-state index in [-0.39, 0.29) is 0 Å². The van der Waals surface area contributed by atoms with E-state index >= 15 is 0 Å². The lowest BCUT2D eigenvalue weighted by Gasteiger charge is -2.01. The number of guanidine groups is 1. The molecule has 20 heavy (non-hydrogen) atoms. The highest BCUT2D eigenvalue weighted by molar-refractivity contribution is 5.77. The molecule has 1 aromatic carbocycles. The maximum absolute atomic E-state index is 5.70. The average molecular weight is 269 g/mol. The highest BCUT2D eigenvalue weighted by Crippen LogP contribution is 2.04. The molecule has 0 spiro atoms. The first-order valence-corrected chi connectivity index (χ1v) is 6.48. The zero-order valence-corrected chi connectivity index (χ0v) is 11.4. The fourth-order valence-corrected chi connectivity index (χ4v) is 1.75. The molecule has 0 saturated heterocycles. The Morgan fingerprint density at radius 1 is 1.35 bits per heavy atom. The van der Waals surface area contributed by atoms with Crippen LogP contribution in [0.5, 0.6) is 0 Å². The molecule has 104 valence electrons. The smallest absolute Gasteiger partial charge is 0.189 e. The predicted octanol–water partition coefficient (Wildman–Crippen LogP) is 1.52. The number of nitrogens with zero attached hydrogens (tertiary/aromatic N) is 3. The topological polar surface area (TPSA) is 68.2 Å². The number of nitrogens with one attached hydrogen (secondary N) is 1. The SMILES string of the molecule is C=CCNC(N)=NCc1cnn(Cc2ccccc2)c1. The maximum atomic E-state index is 5.70. The van der Waals surface area contributed by atoms with Gasteiger partial charge in [-0.1, -0.05) is 36.4 Å². The van der Waals surface area contributed by atoms with Crippen LogP contribution in [0.15, 0.2) is 60.4 Å². The van der Waals surface area contributed by atoms with E-state index in [1.807, 2.05) is 35.3 Å². The van der Waals surface area contributed by atoms with Crippen LogP contribution in [0.1, 0.15) is 11.1 Å². The third kappa shape index (κ3) is 4.28. The summed E-state index contributed by atoms with van der Waals surface area (Å²) in [6.45, 7) is 5.50. The number of aromatic nitrogens is 2. The second kappa shape index (κ2) is 7.13. The van der Waals surface area contributed by atoms with E-state index in [2.05, 4.69) is 34.1 Å². The normalized spacial score (nSPS) is 11.3. The van der Waals surface area contributed by atoms with Crippen molar-refractivity contribution in [3.8, 4) is 0 Å². The van der Waals surface area contributed by atoms with E-state index in [1.165, 1.54) is 5.56 Å². The summed E-state index contributed by atoms with van der Waals surface area (Å²) < 4.78 is 1.90. The number of rotatable bonds is 6. The van der Waals surface area contributed by atoms with Crippen LogP contribution in [-0.4, -0.2) is 22.3 Å². The van der Waals surface area contributed by atoms with E-state index in [0.717, 1.165) is 12.1 Å². The minimum absolute atomic E-state index is 0.417. The quantitative estimate of drug-likeness (QED) is 0.474. The van der Waals surface area contributed by atoms with Crippen LogP contribution in [0.25, 0.3) is 0 Å². The lowest BCUT2D eigenvalue weighted by atomic mass is 10.2. The van der Waals surface area contributed by atoms with Crippen molar-refractivity contribution < 1.29 is 0 Å². The fraction of sp³-hybridized carbons (Fsp3) is 0.200. The molecule has 0 fully saturated rings. The molecule has 3 N–H and O–H groups in total. The fourth-order valence-electron chi connectivity index (χ4n) is 1.75. The van der Waals surface area contributed by atoms with Crippen LogP contribution in [0.3, 0.4) is 0 Å². The molecule has 0 bridgehead atoms. The Hall–Kier alpha value is -2.56. The Balaban J connectivity index is 1.91. The molecule has 1 aromatic heterocycles. The third-order valence-corrected chi connectivity index (χ3v) is 2.73. The van der Waals surface area contributed by atoms with Crippen LogP contribution in [0.2, 0.25) is 0 Å². The zero-order valence-electron chi connectivity index (χ0n) is 11.4. The molecular formula is C15H19N5. The molecule has 0 atom stereocenters. The molecule has 2 aromatic rings. The van der Waals surface area contributed by atoms with Crippen LogP contribution in [0.4, 0.5) is 0 Å². The van der Waals surface area contributed by atoms with Gasteiger partial charge in [0.2, 0.25) is 0 Å². The first-order chi connectivity index (χ1) is 9.78. The lowest BCUT2D eigenvalue weighted by Crippen LogP contribution is -2.31. The Morgan fingerprint density at radius 3 is 2.90 bits per heavy atom. The monoisotopic (exact) mass is 269 g/mol. The van der Waals surface area contributed by atoms with Gasteiger partial charge in [-0.3, -0.25) is 4.68 Å². The second-order valence-electron chi connectivity index (χ2n) is 4.40. The third-order valence-electron chi connectivity index (χ3n) is 2.73. The summed E-state index contributed by atoms with van der Waals surface area (Å²) in [7, 11) is 0. The summed E-state index contributed by atoms with van der Waals surface area (Å²) in [5, 5.41) is 7.25. The zero-order chi connectivity index (χ0) is 14.2. The van der Waals surface area contributed by atoms with Crippen molar-refractivity contribution in [2.24, 2.45) is 10.7 Å². The van der Waals surface area contributed by atoms with Gasteiger partial charge < -0.3 is 11.1 Å². The van der Waals surface area contributed by atoms with E-state index in [9.17, 15) is 0 Å². The summed E-state index contributed by atoms with van der Waals surface area (Å²) in [6.07, 6.45) is 5.53. The van der Waals surface area contributed by atoms with Gasteiger partial charge in [0.15, 0.2) is 5.96 Å². The van der Waals surface area contributed by atoms with Crippen LogP contribution >= 0.6 is 0 Å². The van der Waals surface area contributed by atoms with Gasteiger partial charge in [-0.25, -0.2) is 4.99 Å². The minimum atomic E-state index is 0.417. The molecule has 0 aliphatic rings. The summed E-state index contributed by atoms with van der Waals surface area (Å²) >= 11 is 0. The Labute approximate surface area is 118 Å². The van der Waals surface area contributed by atoms with Crippen molar-refractivity contribution in [2.75, 3.05) is 6.54 Å². The van der Waals surface area contributed by atoms with Gasteiger partial charge in [0, 0.05) is 18.3 Å². The first kappa shape index (κ1) is 13.9. The molecule has 0 unspecified atom stereocenters. The Morgan fingerprint density at radius 2 is 2.15 bits per heavy atom. The Bertz CT molecular complexity index is 571. The van der Waals surface area contributed by atoms with Gasteiger partial charge >= 0.3 is 0 Å². The van der Waals surface area contributed by atoms with E-state index in [4.69, 9.17) is 5.73 Å². The van der Waals surface area contributed by atoms with Crippen molar-refractivity contribution in [3.05, 3.63) is 66.5 Å². The number of nitrogens with two attached hydrogens (primary N) is 1. The van der Waals surface area contributed by atoms with Crippen molar-refractivity contribution >= 4 is 5.96 Å². The van der Waals surface area contributed by atoms with Gasteiger partial charge in [-0.15, -0.1) is 6.58 Å². The lowest BCUT2D eigenvalue weighted by molar-refractivity contribution is 0.686. The number of hydrogen-bond donors (Lipinski definition) is 2. The van der Waals surface area contributed by atoms with Crippen LogP contribution in [0, 0.1) is 0 Å². The van der Waals surface area contributed by atoms with Crippen molar-refractivity contribution in [1.29, 1.82) is 0 Å². The highest BCUT2D eigenvalue weighted by Gasteiger charge is 1.99. The first-order valence-electron chi connectivity index (χ1n) is 6.48. The largest absolute Gasteiger partial charge is 0.370 e. The molecule has 0 aliphatic heterocycles. The molecule has 2 rings (SSSR count). The molecule has 0 aliphatic carbocycles. The number of hydrogen-bond acceptors (Lipinski definition) is 2. The molecule has 5 nitrogen and oxygen atoms in total. The van der Waals surface area contributed by atoms with Crippen molar-refractivity contribution in [1.82, 2.24) is 15.1 Å². The van der Waals surface area contributed by atoms with Gasteiger partial charge in [0.1, 0.15) is 0 Å². The van der Waals surface area contributed by atoms with Gasteiger partial charge in [0.25, 0.3) is 0 Å². The minimum Gasteiger partial charge on any atom is -0.370 e. The van der Waals surface area contributed by atoms with E-state index < -0.39 is 0 Å². The average Bonchev–Trinajstić information content (AvgIpc) is 2.91. The molecular weight excluding hydrogens is 250 g/mol. The summed E-state index contributed by atoms with van der Waals surface area (Å²) in [4.78, 5) is 4.23. The predicted molar refractivity (Wildman–Crippen MR) is 81.3 cm³/mol. The number of aliphatic imine (C=N–C) groups is 1. The molecule has 5 heteroatoms. The van der Waals surface area contributed by atoms with Crippen LogP contribution < -0.4 is 11.1 Å². The molecule has 0 amide bonds. The Kier molecular flexibility index (Phi) is 4.94. The molecule has 0 saturated carbocycles. The number of benzene rings is 1. The summed E-state index contributed by atoms with van der Waals surface area (Å²) in [5.41, 5.74) is 7.95. The van der Waals surface area contributed by atoms with Gasteiger partial charge in [0.05, 0.1) is 19.3 Å². The second-order valence-corrected chi connectivity index (χ2v) is 4.40. The van der Waals surface area contributed by atoms with Crippen molar-refractivity contribution in [3.63, 3.8) is 0 Å². The summed E-state index contributed by atoms with van der Waals surface area (Å²) in [6, 6.07) is 10.2. The molecule has 0 radical (unpaired) electrons. The molecule has 1 heterocycles. The van der Waals surface area contributed by atoms with E-state index in [1.54, 1.807) is 6.08 Å². The summed E-state index contributed by atoms with van der Waals surface area (Å²) in [5.74, 6) is 0.417. The van der Waals surface area contributed by atoms with Gasteiger partial charge in [-0.2, -0.15) is 5.10 Å². The maximum Gasteiger partial charge on any atom is 0.189 e. The van der Waals surface area contributed by atoms with Crippen LogP contribution in [-0.2, 0) is 13.1 Å². The standard InChI is InChI=1S/C15H19N5/c1-2-8-17-15(16)18-9-14-10-19-20(12-14)11-13-6-4-3-5-7-13/h2-7,10,12H,1,8-9,11H2,(H3,16,17,18). The van der Waals surface area contributed by atoms with Crippen molar-refractivity contribution in [2.45, 2.75) is 13.1 Å².